The SMILES string of the molecule is CC(C)(C)C(/N=C(\NC#N)Nc1cccc2ncccc12)NC(=O)Cc1ccc2c(c1)OCCO2. The van der Waals surface area contributed by atoms with Crippen LogP contribution < -0.4 is 25.4 Å². The zero-order chi connectivity index (χ0) is 24.8. The lowest BCUT2D eigenvalue weighted by Gasteiger charge is -2.29. The lowest BCUT2D eigenvalue weighted by Crippen LogP contribution is -2.45. The Morgan fingerprint density at radius 2 is 1.94 bits per heavy atom. The van der Waals surface area contributed by atoms with Gasteiger partial charge in [0.05, 0.1) is 17.6 Å². The van der Waals surface area contributed by atoms with E-state index in [0.717, 1.165) is 22.2 Å². The third kappa shape index (κ3) is 5.98. The molecule has 0 radical (unpaired) electrons. The first-order valence-corrected chi connectivity index (χ1v) is 11.3. The van der Waals surface area contributed by atoms with Crippen LogP contribution in [0.5, 0.6) is 11.5 Å². The fourth-order valence-corrected chi connectivity index (χ4v) is 3.65. The highest BCUT2D eigenvalue weighted by atomic mass is 16.6. The molecular weight excluding hydrogens is 444 g/mol. The van der Waals surface area contributed by atoms with Crippen molar-refractivity contribution in [3.63, 3.8) is 0 Å². The zero-order valence-corrected chi connectivity index (χ0v) is 20.0. The van der Waals surface area contributed by atoms with Gasteiger partial charge < -0.3 is 20.1 Å². The standard InChI is InChI=1S/C26H28N6O3/c1-26(2,3)24(31-23(33)15-17-9-10-21-22(14-17)35-13-12-34-21)32-25(29-16-27)30-20-8-4-7-19-18(20)6-5-11-28-19/h4-11,14,24H,12-13,15H2,1-3H3,(H,31,33)(H2,29,30,32). The molecule has 9 nitrogen and oxygen atoms in total. The minimum absolute atomic E-state index is 0.155. The predicted octanol–water partition coefficient (Wildman–Crippen LogP) is 3.58. The Bertz CT molecular complexity index is 1290. The number of nitrogens with zero attached hydrogens (tertiary/aromatic N) is 3. The second-order valence-corrected chi connectivity index (χ2v) is 9.21. The summed E-state index contributed by atoms with van der Waals surface area (Å²) in [5, 5.41) is 19.0. The van der Waals surface area contributed by atoms with E-state index in [2.05, 4.69) is 25.9 Å². The van der Waals surface area contributed by atoms with Crippen LogP contribution in [0, 0.1) is 16.9 Å². The van der Waals surface area contributed by atoms with E-state index in [4.69, 9.17) is 9.47 Å². The summed E-state index contributed by atoms with van der Waals surface area (Å²) in [6.45, 7) is 6.91. The van der Waals surface area contributed by atoms with Gasteiger partial charge in [0, 0.05) is 17.0 Å². The first-order valence-electron chi connectivity index (χ1n) is 11.3. The number of nitrogens with one attached hydrogen (secondary N) is 3. The third-order valence-electron chi connectivity index (χ3n) is 5.42. The Morgan fingerprint density at radius 3 is 2.71 bits per heavy atom. The Hall–Kier alpha value is -4.32. The van der Waals surface area contributed by atoms with Crippen molar-refractivity contribution in [3.05, 3.63) is 60.3 Å². The minimum Gasteiger partial charge on any atom is -0.486 e. The predicted molar refractivity (Wildman–Crippen MR) is 134 cm³/mol. The van der Waals surface area contributed by atoms with Crippen LogP contribution in [0.3, 0.4) is 0 Å². The van der Waals surface area contributed by atoms with Crippen LogP contribution in [0.15, 0.2) is 59.7 Å². The maximum Gasteiger partial charge on any atom is 0.226 e. The van der Waals surface area contributed by atoms with Crippen molar-refractivity contribution in [2.75, 3.05) is 18.5 Å². The van der Waals surface area contributed by atoms with E-state index in [1.54, 1.807) is 6.20 Å². The van der Waals surface area contributed by atoms with Gasteiger partial charge in [0.15, 0.2) is 17.7 Å². The highest BCUT2D eigenvalue weighted by Crippen LogP contribution is 2.31. The first kappa shape index (κ1) is 23.8. The molecule has 0 bridgehead atoms. The van der Waals surface area contributed by atoms with Crippen LogP contribution in [-0.4, -0.2) is 36.2 Å². The number of benzene rings is 2. The third-order valence-corrected chi connectivity index (χ3v) is 5.42. The molecule has 1 aliphatic rings. The Kier molecular flexibility index (Phi) is 7.01. The zero-order valence-electron chi connectivity index (χ0n) is 20.0. The molecule has 1 unspecified atom stereocenters. The number of guanidine groups is 1. The number of carbonyl (C=O) groups excluding carboxylic acids is 1. The van der Waals surface area contributed by atoms with Gasteiger partial charge in [-0.15, -0.1) is 0 Å². The topological polar surface area (TPSA) is 121 Å². The molecule has 3 N–H and O–H groups in total. The number of nitriles is 1. The maximum absolute atomic E-state index is 12.9. The van der Waals surface area contributed by atoms with Gasteiger partial charge in [-0.05, 0) is 42.0 Å². The van der Waals surface area contributed by atoms with Crippen molar-refractivity contribution in [2.45, 2.75) is 33.4 Å². The number of carbonyl (C=O) groups is 1. The van der Waals surface area contributed by atoms with E-state index in [-0.39, 0.29) is 18.3 Å². The van der Waals surface area contributed by atoms with Crippen molar-refractivity contribution >= 4 is 28.5 Å². The van der Waals surface area contributed by atoms with E-state index < -0.39 is 11.6 Å². The summed E-state index contributed by atoms with van der Waals surface area (Å²) in [5.74, 6) is 1.35. The quantitative estimate of drug-likeness (QED) is 0.225. The molecule has 4 rings (SSSR count). The molecule has 0 saturated carbocycles. The van der Waals surface area contributed by atoms with Crippen LogP contribution in [0.2, 0.25) is 0 Å². The number of pyridine rings is 1. The van der Waals surface area contributed by atoms with Crippen molar-refractivity contribution < 1.29 is 14.3 Å². The molecule has 2 heterocycles. The second-order valence-electron chi connectivity index (χ2n) is 9.21. The molecule has 3 aromatic rings. The summed E-state index contributed by atoms with van der Waals surface area (Å²) in [6, 6.07) is 14.9. The molecule has 0 saturated heterocycles. The summed E-state index contributed by atoms with van der Waals surface area (Å²) >= 11 is 0. The number of hydrogen-bond acceptors (Lipinski definition) is 6. The molecule has 0 fully saturated rings. The van der Waals surface area contributed by atoms with E-state index in [1.165, 1.54) is 0 Å². The molecule has 1 aliphatic heterocycles. The van der Waals surface area contributed by atoms with Gasteiger partial charge in [-0.1, -0.05) is 32.9 Å². The number of aliphatic imine (C=N–C) groups is 1. The van der Waals surface area contributed by atoms with Gasteiger partial charge in [0.1, 0.15) is 19.4 Å². The van der Waals surface area contributed by atoms with Gasteiger partial charge in [-0.2, -0.15) is 5.26 Å². The fourth-order valence-electron chi connectivity index (χ4n) is 3.65. The summed E-state index contributed by atoms with van der Waals surface area (Å²) < 4.78 is 11.2. The molecule has 35 heavy (non-hydrogen) atoms. The molecule has 1 amide bonds. The van der Waals surface area contributed by atoms with Crippen molar-refractivity contribution in [1.82, 2.24) is 15.6 Å². The van der Waals surface area contributed by atoms with Crippen molar-refractivity contribution in [3.8, 4) is 17.7 Å². The van der Waals surface area contributed by atoms with E-state index in [0.29, 0.717) is 24.7 Å². The smallest absolute Gasteiger partial charge is 0.226 e. The summed E-state index contributed by atoms with van der Waals surface area (Å²) in [7, 11) is 0. The summed E-state index contributed by atoms with van der Waals surface area (Å²) in [5.41, 5.74) is 1.94. The first-order chi connectivity index (χ1) is 16.8. The highest BCUT2D eigenvalue weighted by Gasteiger charge is 2.27. The van der Waals surface area contributed by atoms with E-state index in [1.807, 2.05) is 75.5 Å². The van der Waals surface area contributed by atoms with Gasteiger partial charge in [0.25, 0.3) is 0 Å². The average Bonchev–Trinajstić information content (AvgIpc) is 2.83. The molecule has 180 valence electrons. The Balaban J connectivity index is 1.53. The fraction of sp³-hybridized carbons (Fsp3) is 0.308. The monoisotopic (exact) mass is 472 g/mol. The number of fused-ring (bicyclic) bond motifs is 2. The van der Waals surface area contributed by atoms with Crippen molar-refractivity contribution in [2.24, 2.45) is 10.4 Å². The number of rotatable bonds is 5. The minimum atomic E-state index is -0.608. The number of amides is 1. The Labute approximate surface area is 204 Å². The van der Waals surface area contributed by atoms with Crippen LogP contribution in [0.1, 0.15) is 26.3 Å². The molecule has 1 aromatic heterocycles. The summed E-state index contributed by atoms with van der Waals surface area (Å²) in [6.07, 6.45) is 3.19. The molecule has 9 heteroatoms. The number of aromatic nitrogens is 1. The summed E-state index contributed by atoms with van der Waals surface area (Å²) in [4.78, 5) is 22.0. The number of ether oxygens (including phenoxy) is 2. The molecule has 0 spiro atoms. The van der Waals surface area contributed by atoms with Crippen LogP contribution in [0.25, 0.3) is 10.9 Å². The number of hydrogen-bond donors (Lipinski definition) is 3. The second kappa shape index (κ2) is 10.3. The lowest BCUT2D eigenvalue weighted by atomic mass is 9.92. The Morgan fingerprint density at radius 1 is 1.14 bits per heavy atom. The van der Waals surface area contributed by atoms with Gasteiger partial charge in [0.2, 0.25) is 11.9 Å². The van der Waals surface area contributed by atoms with Gasteiger partial charge >= 0.3 is 0 Å². The molecule has 0 aliphatic carbocycles. The maximum atomic E-state index is 12.9. The largest absolute Gasteiger partial charge is 0.486 e. The average molecular weight is 473 g/mol. The van der Waals surface area contributed by atoms with E-state index >= 15 is 0 Å². The van der Waals surface area contributed by atoms with Gasteiger partial charge in [-0.25, -0.2) is 4.99 Å². The molecule has 2 aromatic carbocycles. The van der Waals surface area contributed by atoms with Crippen LogP contribution >= 0.6 is 0 Å². The van der Waals surface area contributed by atoms with Crippen LogP contribution in [-0.2, 0) is 11.2 Å². The molecule has 1 atom stereocenters. The van der Waals surface area contributed by atoms with Gasteiger partial charge in [-0.3, -0.25) is 15.1 Å². The van der Waals surface area contributed by atoms with Crippen LogP contribution in [0.4, 0.5) is 5.69 Å². The van der Waals surface area contributed by atoms with E-state index in [9.17, 15) is 10.1 Å². The normalized spacial score (nSPS) is 14.1. The molecular formula is C26H28N6O3. The number of anilines is 1. The highest BCUT2D eigenvalue weighted by molar-refractivity contribution is 6.02. The lowest BCUT2D eigenvalue weighted by molar-refractivity contribution is -0.121. The van der Waals surface area contributed by atoms with Crippen molar-refractivity contribution in [1.29, 1.82) is 5.26 Å².